The molecule has 1 N–H and O–H groups in total. The van der Waals surface area contributed by atoms with E-state index in [0.29, 0.717) is 18.8 Å². The van der Waals surface area contributed by atoms with E-state index in [-0.39, 0.29) is 11.8 Å². The van der Waals surface area contributed by atoms with Crippen molar-refractivity contribution in [3.63, 3.8) is 0 Å². The number of aromatic amines is 1. The van der Waals surface area contributed by atoms with E-state index < -0.39 is 5.92 Å². The van der Waals surface area contributed by atoms with Crippen LogP contribution in [0.2, 0.25) is 0 Å². The summed E-state index contributed by atoms with van der Waals surface area (Å²) in [7, 11) is 4.31. The highest BCUT2D eigenvalue weighted by atomic mass is 16.2. The Morgan fingerprint density at radius 1 is 0.838 bits per heavy atom. The van der Waals surface area contributed by atoms with Gasteiger partial charge in [-0.05, 0) is 51.7 Å². The van der Waals surface area contributed by atoms with E-state index in [1.807, 2.05) is 30.5 Å². The van der Waals surface area contributed by atoms with Gasteiger partial charge in [0, 0.05) is 82.5 Å². The van der Waals surface area contributed by atoms with E-state index in [2.05, 4.69) is 38.7 Å². The van der Waals surface area contributed by atoms with E-state index in [1.165, 1.54) is 4.90 Å². The van der Waals surface area contributed by atoms with Gasteiger partial charge in [0.2, 0.25) is 5.91 Å². The molecule has 1 aromatic heterocycles. The number of piperazine rings is 2. The number of amides is 2. The Balaban J connectivity index is 1.27. The van der Waals surface area contributed by atoms with Crippen molar-refractivity contribution in [2.45, 2.75) is 18.8 Å². The second-order valence-electron chi connectivity index (χ2n) is 10.8. The third-order valence-electron chi connectivity index (χ3n) is 8.15. The summed E-state index contributed by atoms with van der Waals surface area (Å²) < 4.78 is 0. The van der Waals surface area contributed by atoms with Crippen molar-refractivity contribution in [3.05, 3.63) is 36.0 Å². The molecule has 3 saturated heterocycles. The monoisotopic (exact) mass is 507 g/mol. The number of fused-ring (bicyclic) bond motifs is 1. The maximum Gasteiger partial charge on any atom is 0.275 e. The Morgan fingerprint density at radius 3 is 2.14 bits per heavy atom. The number of imide groups is 1. The van der Waals surface area contributed by atoms with Crippen LogP contribution in [0.15, 0.2) is 35.5 Å². The van der Waals surface area contributed by atoms with Crippen LogP contribution in [0.3, 0.4) is 0 Å². The number of aliphatic imine (C=N–C) groups is 1. The maximum absolute atomic E-state index is 13.7. The highest BCUT2D eigenvalue weighted by molar-refractivity contribution is 6.52. The highest BCUT2D eigenvalue weighted by Gasteiger charge is 2.46. The summed E-state index contributed by atoms with van der Waals surface area (Å²) in [6.45, 7) is 11.4. The van der Waals surface area contributed by atoms with Crippen LogP contribution in [0.25, 0.3) is 10.9 Å². The molecule has 9 nitrogen and oxygen atoms in total. The fraction of sp³-hybridized carbons (Fsp3) is 0.607. The first kappa shape index (κ1) is 26.0. The average molecular weight is 508 g/mol. The number of hydrogen-bond acceptors (Lipinski definition) is 7. The van der Waals surface area contributed by atoms with Crippen LogP contribution < -0.4 is 0 Å². The summed E-state index contributed by atoms with van der Waals surface area (Å²) >= 11 is 0. The van der Waals surface area contributed by atoms with E-state index in [1.54, 1.807) is 0 Å². The minimum absolute atomic E-state index is 0.133. The van der Waals surface area contributed by atoms with Crippen LogP contribution in [0.4, 0.5) is 0 Å². The van der Waals surface area contributed by atoms with Gasteiger partial charge in [0.25, 0.3) is 5.91 Å². The molecule has 9 heteroatoms. The van der Waals surface area contributed by atoms with Crippen LogP contribution in [-0.4, -0.2) is 140 Å². The van der Waals surface area contributed by atoms with Crippen LogP contribution in [0.5, 0.6) is 0 Å². The van der Waals surface area contributed by atoms with Gasteiger partial charge in [-0.2, -0.15) is 0 Å². The molecule has 0 saturated carbocycles. The van der Waals surface area contributed by atoms with Crippen molar-refractivity contribution < 1.29 is 9.59 Å². The zero-order valence-electron chi connectivity index (χ0n) is 22.4. The van der Waals surface area contributed by atoms with E-state index in [4.69, 9.17) is 4.99 Å². The lowest BCUT2D eigenvalue weighted by Gasteiger charge is -2.32. The average Bonchev–Trinajstić information content (AvgIpc) is 3.42. The Hall–Kier alpha value is -2.59. The lowest BCUT2D eigenvalue weighted by atomic mass is 9.95. The number of carbonyl (C=O) groups excluding carboxylic acids is 2. The minimum atomic E-state index is -0.629. The molecule has 1 aromatic carbocycles. The zero-order chi connectivity index (χ0) is 25.8. The number of H-pyrrole nitrogens is 1. The second kappa shape index (κ2) is 11.9. The summed E-state index contributed by atoms with van der Waals surface area (Å²) in [4.78, 5) is 46.3. The SMILES string of the molecule is CN1CCN(CCCN=C2C(=O)N(CCCN3CCN(C)CC3)C(=O)C2c2c[nH]c3ccccc23)CC1. The number of nitrogens with zero attached hydrogens (tertiary/aromatic N) is 6. The van der Waals surface area contributed by atoms with E-state index >= 15 is 0 Å². The van der Waals surface area contributed by atoms with Crippen molar-refractivity contribution in [3.8, 4) is 0 Å². The molecule has 4 heterocycles. The van der Waals surface area contributed by atoms with Gasteiger partial charge < -0.3 is 24.6 Å². The fourth-order valence-corrected chi connectivity index (χ4v) is 5.71. The first-order chi connectivity index (χ1) is 18.0. The molecular weight excluding hydrogens is 466 g/mol. The van der Waals surface area contributed by atoms with Gasteiger partial charge in [-0.1, -0.05) is 18.2 Å². The molecule has 2 amide bonds. The fourth-order valence-electron chi connectivity index (χ4n) is 5.71. The van der Waals surface area contributed by atoms with Gasteiger partial charge in [0.15, 0.2) is 0 Å². The Morgan fingerprint density at radius 2 is 1.46 bits per heavy atom. The molecule has 3 aliphatic rings. The normalized spacial score (nSPS) is 24.2. The smallest absolute Gasteiger partial charge is 0.275 e. The van der Waals surface area contributed by atoms with Gasteiger partial charge >= 0.3 is 0 Å². The summed E-state index contributed by atoms with van der Waals surface area (Å²) in [5, 5.41) is 0.984. The number of likely N-dealkylation sites (tertiary alicyclic amines) is 1. The molecule has 0 radical (unpaired) electrons. The maximum atomic E-state index is 13.7. The molecule has 1 atom stereocenters. The summed E-state index contributed by atoms with van der Waals surface area (Å²) in [6, 6.07) is 7.96. The number of aromatic nitrogens is 1. The molecule has 2 aromatic rings. The predicted molar refractivity (Wildman–Crippen MR) is 147 cm³/mol. The lowest BCUT2D eigenvalue weighted by Crippen LogP contribution is -2.45. The highest BCUT2D eigenvalue weighted by Crippen LogP contribution is 2.33. The molecule has 37 heavy (non-hydrogen) atoms. The van der Waals surface area contributed by atoms with Crippen molar-refractivity contribution in [1.29, 1.82) is 0 Å². The Labute approximate surface area is 220 Å². The van der Waals surface area contributed by atoms with Gasteiger partial charge in [-0.15, -0.1) is 0 Å². The minimum Gasteiger partial charge on any atom is -0.361 e. The molecule has 3 fully saturated rings. The molecule has 200 valence electrons. The van der Waals surface area contributed by atoms with Crippen molar-refractivity contribution in [2.75, 3.05) is 92.6 Å². The topological polar surface area (TPSA) is 78.5 Å². The molecule has 0 spiro atoms. The lowest BCUT2D eigenvalue weighted by molar-refractivity contribution is -0.137. The first-order valence-corrected chi connectivity index (χ1v) is 13.8. The van der Waals surface area contributed by atoms with E-state index in [9.17, 15) is 9.59 Å². The Kier molecular flexibility index (Phi) is 8.34. The Bertz CT molecular complexity index is 1110. The number of carbonyl (C=O) groups is 2. The van der Waals surface area contributed by atoms with Gasteiger partial charge in [-0.3, -0.25) is 19.5 Å². The van der Waals surface area contributed by atoms with Gasteiger partial charge in [0.05, 0.1) is 0 Å². The number of likely N-dealkylation sites (N-methyl/N-ethyl adjacent to an activating group) is 2. The number of rotatable bonds is 9. The van der Waals surface area contributed by atoms with Gasteiger partial charge in [-0.25, -0.2) is 0 Å². The molecule has 0 bridgehead atoms. The quantitative estimate of drug-likeness (QED) is 0.408. The van der Waals surface area contributed by atoms with Crippen LogP contribution in [0.1, 0.15) is 24.3 Å². The van der Waals surface area contributed by atoms with Crippen LogP contribution >= 0.6 is 0 Å². The van der Waals surface area contributed by atoms with Crippen molar-refractivity contribution >= 4 is 28.4 Å². The van der Waals surface area contributed by atoms with Gasteiger partial charge in [0.1, 0.15) is 11.6 Å². The van der Waals surface area contributed by atoms with Crippen LogP contribution in [0, 0.1) is 0 Å². The standard InChI is InChI=1S/C28H41N7O2/c1-31-13-17-33(18-14-31)10-5-9-29-26-25(23-21-30-24-8-4-3-7-22(23)24)27(36)35(28(26)37)12-6-11-34-19-15-32(2)16-20-34/h3-4,7-8,21,25,30H,5-6,9-20H2,1-2H3. The third-order valence-corrected chi connectivity index (χ3v) is 8.15. The van der Waals surface area contributed by atoms with E-state index in [0.717, 1.165) is 94.8 Å². The first-order valence-electron chi connectivity index (χ1n) is 13.8. The summed E-state index contributed by atoms with van der Waals surface area (Å²) in [5.74, 6) is -0.972. The second-order valence-corrected chi connectivity index (χ2v) is 10.8. The largest absolute Gasteiger partial charge is 0.361 e. The van der Waals surface area contributed by atoms with Crippen molar-refractivity contribution in [1.82, 2.24) is 29.5 Å². The number of hydrogen-bond donors (Lipinski definition) is 1. The molecule has 5 rings (SSSR count). The molecule has 0 aliphatic carbocycles. The number of benzene rings is 1. The predicted octanol–water partition coefficient (Wildman–Crippen LogP) is 1.34. The number of nitrogens with one attached hydrogen (secondary N) is 1. The zero-order valence-corrected chi connectivity index (χ0v) is 22.4. The molecule has 1 unspecified atom stereocenters. The summed E-state index contributed by atoms with van der Waals surface area (Å²) in [5.41, 5.74) is 2.24. The molecule has 3 aliphatic heterocycles. The van der Waals surface area contributed by atoms with Crippen LogP contribution in [-0.2, 0) is 9.59 Å². The number of para-hydroxylation sites is 1. The molecular formula is C28H41N7O2. The third kappa shape index (κ3) is 5.95. The summed E-state index contributed by atoms with van der Waals surface area (Å²) in [6.07, 6.45) is 3.56. The van der Waals surface area contributed by atoms with Crippen molar-refractivity contribution in [2.24, 2.45) is 4.99 Å².